The van der Waals surface area contributed by atoms with E-state index in [0.717, 1.165) is 29.7 Å². The summed E-state index contributed by atoms with van der Waals surface area (Å²) in [6.07, 6.45) is 2.17. The van der Waals surface area contributed by atoms with Crippen LogP contribution in [0.3, 0.4) is 0 Å². The number of benzene rings is 2. The summed E-state index contributed by atoms with van der Waals surface area (Å²) in [6, 6.07) is 17.4. The van der Waals surface area contributed by atoms with Gasteiger partial charge in [-0.1, -0.05) is 67.9 Å². The van der Waals surface area contributed by atoms with Gasteiger partial charge in [-0.3, -0.25) is 9.59 Å². The summed E-state index contributed by atoms with van der Waals surface area (Å²) in [5.41, 5.74) is 2.28. The van der Waals surface area contributed by atoms with Crippen LogP contribution >= 0.6 is 23.4 Å². The van der Waals surface area contributed by atoms with Crippen molar-refractivity contribution in [2.45, 2.75) is 57.9 Å². The van der Waals surface area contributed by atoms with Crippen molar-refractivity contribution < 1.29 is 9.59 Å². The van der Waals surface area contributed by atoms with Crippen molar-refractivity contribution in [1.82, 2.24) is 10.2 Å². The molecule has 2 aromatic carbocycles. The zero-order valence-corrected chi connectivity index (χ0v) is 20.2. The van der Waals surface area contributed by atoms with Crippen molar-refractivity contribution in [2.24, 2.45) is 0 Å². The van der Waals surface area contributed by atoms with Crippen molar-refractivity contribution >= 4 is 35.2 Å². The first-order valence-electron chi connectivity index (χ1n) is 10.9. The monoisotopic (exact) mass is 460 g/mol. The molecule has 0 aliphatic rings. The number of amides is 2. The Morgan fingerprint density at radius 1 is 1.00 bits per heavy atom. The van der Waals surface area contributed by atoms with Gasteiger partial charge in [-0.2, -0.15) is 0 Å². The number of nitrogens with one attached hydrogen (secondary N) is 1. The van der Waals surface area contributed by atoms with Crippen LogP contribution in [0.15, 0.2) is 54.6 Å². The zero-order chi connectivity index (χ0) is 22.6. The molecule has 2 atom stereocenters. The summed E-state index contributed by atoms with van der Waals surface area (Å²) in [4.78, 5) is 27.8. The molecule has 2 amide bonds. The van der Waals surface area contributed by atoms with Crippen molar-refractivity contribution in [3.05, 3.63) is 70.7 Å². The Labute approximate surface area is 195 Å². The summed E-state index contributed by atoms with van der Waals surface area (Å²) in [6.45, 7) is 6.52. The SMILES string of the molecule is CCC(C)NC(=O)C(CC)N(CCc1ccccc1)C(=O)CSCc1ccc(Cl)cc1. The number of hydrogen-bond acceptors (Lipinski definition) is 3. The van der Waals surface area contributed by atoms with E-state index in [2.05, 4.69) is 17.4 Å². The van der Waals surface area contributed by atoms with Crippen molar-refractivity contribution in [2.75, 3.05) is 12.3 Å². The summed E-state index contributed by atoms with van der Waals surface area (Å²) in [5, 5.41) is 3.75. The molecule has 0 heterocycles. The molecule has 2 unspecified atom stereocenters. The van der Waals surface area contributed by atoms with Crippen LogP contribution in [0.4, 0.5) is 0 Å². The van der Waals surface area contributed by atoms with Gasteiger partial charge in [0.1, 0.15) is 6.04 Å². The molecule has 31 heavy (non-hydrogen) atoms. The Hall–Kier alpha value is -1.98. The van der Waals surface area contributed by atoms with Crippen LogP contribution in [0.2, 0.25) is 5.02 Å². The molecular formula is C25H33ClN2O2S. The zero-order valence-electron chi connectivity index (χ0n) is 18.6. The lowest BCUT2D eigenvalue weighted by molar-refractivity contribution is -0.139. The summed E-state index contributed by atoms with van der Waals surface area (Å²) < 4.78 is 0. The van der Waals surface area contributed by atoms with Crippen LogP contribution in [0.25, 0.3) is 0 Å². The lowest BCUT2D eigenvalue weighted by Crippen LogP contribution is -2.52. The molecule has 168 valence electrons. The largest absolute Gasteiger partial charge is 0.352 e. The first kappa shape index (κ1) is 25.3. The second-order valence-electron chi connectivity index (χ2n) is 7.68. The average molecular weight is 461 g/mol. The van der Waals surface area contributed by atoms with E-state index < -0.39 is 6.04 Å². The van der Waals surface area contributed by atoms with Crippen LogP contribution in [-0.2, 0) is 21.8 Å². The fraction of sp³-hybridized carbons (Fsp3) is 0.440. The summed E-state index contributed by atoms with van der Waals surface area (Å²) in [7, 11) is 0. The van der Waals surface area contributed by atoms with Gasteiger partial charge < -0.3 is 10.2 Å². The molecule has 1 N–H and O–H groups in total. The van der Waals surface area contributed by atoms with E-state index in [4.69, 9.17) is 11.6 Å². The molecule has 0 spiro atoms. The van der Waals surface area contributed by atoms with Crippen LogP contribution < -0.4 is 5.32 Å². The molecule has 6 heteroatoms. The molecule has 4 nitrogen and oxygen atoms in total. The second-order valence-corrected chi connectivity index (χ2v) is 9.11. The highest BCUT2D eigenvalue weighted by Gasteiger charge is 2.28. The van der Waals surface area contributed by atoms with Crippen molar-refractivity contribution in [3.8, 4) is 0 Å². The number of thioether (sulfide) groups is 1. The van der Waals surface area contributed by atoms with E-state index >= 15 is 0 Å². The highest BCUT2D eigenvalue weighted by atomic mass is 35.5. The Morgan fingerprint density at radius 2 is 1.68 bits per heavy atom. The van der Waals surface area contributed by atoms with Gasteiger partial charge in [0, 0.05) is 23.4 Å². The van der Waals surface area contributed by atoms with Gasteiger partial charge in [-0.05, 0) is 49.4 Å². The first-order chi connectivity index (χ1) is 14.9. The third-order valence-corrected chi connectivity index (χ3v) is 6.52. The number of carbonyl (C=O) groups excluding carboxylic acids is 2. The molecule has 0 saturated heterocycles. The lowest BCUT2D eigenvalue weighted by atomic mass is 10.1. The van der Waals surface area contributed by atoms with Crippen LogP contribution in [0.1, 0.15) is 44.7 Å². The average Bonchev–Trinajstić information content (AvgIpc) is 2.78. The van der Waals surface area contributed by atoms with E-state index in [9.17, 15) is 9.59 Å². The maximum absolute atomic E-state index is 13.2. The second kappa shape index (κ2) is 13.4. The number of nitrogens with zero attached hydrogens (tertiary/aromatic N) is 1. The predicted octanol–water partition coefficient (Wildman–Crippen LogP) is 5.34. The highest BCUT2D eigenvalue weighted by molar-refractivity contribution is 7.99. The maximum atomic E-state index is 13.2. The van der Waals surface area contributed by atoms with E-state index in [1.54, 1.807) is 16.7 Å². The smallest absolute Gasteiger partial charge is 0.243 e. The first-order valence-corrected chi connectivity index (χ1v) is 12.4. The summed E-state index contributed by atoms with van der Waals surface area (Å²) >= 11 is 7.51. The fourth-order valence-electron chi connectivity index (χ4n) is 3.26. The molecule has 0 bridgehead atoms. The van der Waals surface area contributed by atoms with Gasteiger partial charge in [0.15, 0.2) is 0 Å². The molecule has 0 aliphatic heterocycles. The maximum Gasteiger partial charge on any atom is 0.243 e. The number of hydrogen-bond donors (Lipinski definition) is 1. The number of halogens is 1. The van der Waals surface area contributed by atoms with Crippen LogP contribution in [0, 0.1) is 0 Å². The Balaban J connectivity index is 2.05. The van der Waals surface area contributed by atoms with Crippen molar-refractivity contribution in [3.63, 3.8) is 0 Å². The van der Waals surface area contributed by atoms with Gasteiger partial charge >= 0.3 is 0 Å². The number of rotatable bonds is 12. The molecule has 0 radical (unpaired) electrons. The predicted molar refractivity (Wildman–Crippen MR) is 131 cm³/mol. The topological polar surface area (TPSA) is 49.4 Å². The van der Waals surface area contributed by atoms with Gasteiger partial charge in [0.2, 0.25) is 11.8 Å². The minimum absolute atomic E-state index is 0.000969. The van der Waals surface area contributed by atoms with Gasteiger partial charge in [0.25, 0.3) is 0 Å². The highest BCUT2D eigenvalue weighted by Crippen LogP contribution is 2.17. The van der Waals surface area contributed by atoms with E-state index in [-0.39, 0.29) is 17.9 Å². The van der Waals surface area contributed by atoms with Gasteiger partial charge in [0.05, 0.1) is 5.75 Å². The quantitative estimate of drug-likeness (QED) is 0.465. The summed E-state index contributed by atoms with van der Waals surface area (Å²) in [5.74, 6) is 0.998. The fourth-order valence-corrected chi connectivity index (χ4v) is 4.25. The van der Waals surface area contributed by atoms with Crippen LogP contribution in [0.5, 0.6) is 0 Å². The van der Waals surface area contributed by atoms with E-state index in [1.165, 1.54) is 0 Å². The normalized spacial score (nSPS) is 12.8. The Morgan fingerprint density at radius 3 is 2.29 bits per heavy atom. The molecule has 0 saturated carbocycles. The van der Waals surface area contributed by atoms with Gasteiger partial charge in [-0.25, -0.2) is 0 Å². The van der Waals surface area contributed by atoms with Crippen molar-refractivity contribution in [1.29, 1.82) is 0 Å². The number of carbonyl (C=O) groups is 2. The molecular weight excluding hydrogens is 428 g/mol. The standard InChI is InChI=1S/C25H33ClN2O2S/c1-4-19(3)27-25(30)23(5-2)28(16-15-20-9-7-6-8-10-20)24(29)18-31-17-21-11-13-22(26)14-12-21/h6-14,19,23H,4-5,15-18H2,1-3H3,(H,27,30). The Bertz CT molecular complexity index is 814. The third-order valence-electron chi connectivity index (χ3n) is 5.28. The van der Waals surface area contributed by atoms with Crippen LogP contribution in [-0.4, -0.2) is 41.1 Å². The minimum atomic E-state index is -0.457. The third kappa shape index (κ3) is 8.58. The molecule has 0 aliphatic carbocycles. The van der Waals surface area contributed by atoms with E-state index in [1.807, 2.05) is 63.2 Å². The minimum Gasteiger partial charge on any atom is -0.352 e. The Kier molecular flexibility index (Phi) is 11.0. The van der Waals surface area contributed by atoms with E-state index in [0.29, 0.717) is 23.7 Å². The molecule has 2 aromatic rings. The molecule has 2 rings (SSSR count). The molecule has 0 aromatic heterocycles. The van der Waals surface area contributed by atoms with Gasteiger partial charge in [-0.15, -0.1) is 11.8 Å². The lowest BCUT2D eigenvalue weighted by Gasteiger charge is -2.31. The molecule has 0 fully saturated rings.